The first-order valence-electron chi connectivity index (χ1n) is 7.56. The van der Waals surface area contributed by atoms with E-state index in [0.717, 1.165) is 6.29 Å². The Bertz CT molecular complexity index is 621. The minimum Gasteiger partial charge on any atom is -0.465 e. The van der Waals surface area contributed by atoms with Gasteiger partial charge in [0.25, 0.3) is 0 Å². The van der Waals surface area contributed by atoms with Crippen molar-refractivity contribution in [2.75, 3.05) is 18.4 Å². The van der Waals surface area contributed by atoms with Crippen molar-refractivity contribution in [1.82, 2.24) is 20.9 Å². The predicted octanol–water partition coefficient (Wildman–Crippen LogP) is 0.0346. The topological polar surface area (TPSA) is 150 Å². The highest BCUT2D eigenvalue weighted by atomic mass is 32.1. The van der Waals surface area contributed by atoms with Crippen LogP contribution in [-0.4, -0.2) is 59.5 Å². The highest BCUT2D eigenvalue weighted by Gasteiger charge is 2.20. The number of amides is 3. The number of aromatic nitrogens is 1. The second kappa shape index (κ2) is 10.2. The van der Waals surface area contributed by atoms with E-state index in [1.807, 2.05) is 5.32 Å². The molecule has 0 radical (unpaired) electrons. The van der Waals surface area contributed by atoms with E-state index in [1.54, 1.807) is 0 Å². The van der Waals surface area contributed by atoms with Gasteiger partial charge in [-0.2, -0.15) is 0 Å². The molecule has 1 heterocycles. The van der Waals surface area contributed by atoms with Gasteiger partial charge in [-0.1, -0.05) is 11.3 Å². The van der Waals surface area contributed by atoms with E-state index in [9.17, 15) is 19.2 Å². The van der Waals surface area contributed by atoms with Crippen LogP contribution in [0.3, 0.4) is 0 Å². The summed E-state index contributed by atoms with van der Waals surface area (Å²) in [7, 11) is 0. The van der Waals surface area contributed by atoms with Crippen LogP contribution in [0.1, 0.15) is 29.9 Å². The first-order chi connectivity index (χ1) is 11.8. The van der Waals surface area contributed by atoms with Crippen LogP contribution in [0.4, 0.5) is 9.93 Å². The largest absolute Gasteiger partial charge is 0.465 e. The maximum atomic E-state index is 11.9. The van der Waals surface area contributed by atoms with Gasteiger partial charge in [-0.25, -0.2) is 9.78 Å². The summed E-state index contributed by atoms with van der Waals surface area (Å²) in [5.74, 6) is -0.949. The van der Waals surface area contributed by atoms with Gasteiger partial charge in [-0.05, 0) is 20.3 Å². The van der Waals surface area contributed by atoms with Gasteiger partial charge in [0, 0.05) is 13.1 Å². The zero-order chi connectivity index (χ0) is 18.8. The second-order valence-electron chi connectivity index (χ2n) is 5.16. The molecule has 10 nitrogen and oxygen atoms in total. The Morgan fingerprint density at radius 1 is 1.20 bits per heavy atom. The van der Waals surface area contributed by atoms with E-state index < -0.39 is 24.1 Å². The molecule has 3 amide bonds. The van der Waals surface area contributed by atoms with Crippen LogP contribution in [-0.2, 0) is 9.59 Å². The van der Waals surface area contributed by atoms with Gasteiger partial charge in [-0.3, -0.25) is 14.4 Å². The van der Waals surface area contributed by atoms with E-state index in [0.29, 0.717) is 29.5 Å². The number of anilines is 1. The van der Waals surface area contributed by atoms with Crippen LogP contribution in [0.5, 0.6) is 0 Å². The van der Waals surface area contributed by atoms with Gasteiger partial charge in [0.1, 0.15) is 12.1 Å². The number of rotatable bonds is 10. The van der Waals surface area contributed by atoms with Crippen LogP contribution in [0.15, 0.2) is 6.20 Å². The third-order valence-electron chi connectivity index (χ3n) is 3.05. The minimum atomic E-state index is -1.31. The van der Waals surface area contributed by atoms with Gasteiger partial charge in [0.05, 0.1) is 11.1 Å². The van der Waals surface area contributed by atoms with E-state index in [4.69, 9.17) is 5.11 Å². The van der Waals surface area contributed by atoms with Crippen LogP contribution in [0.2, 0.25) is 0 Å². The van der Waals surface area contributed by atoms with Crippen LogP contribution in [0.25, 0.3) is 0 Å². The van der Waals surface area contributed by atoms with E-state index >= 15 is 0 Å². The molecule has 1 aromatic heterocycles. The summed E-state index contributed by atoms with van der Waals surface area (Å²) in [5, 5.41) is 19.3. The van der Waals surface area contributed by atoms with Crippen molar-refractivity contribution >= 4 is 40.7 Å². The van der Waals surface area contributed by atoms with Crippen molar-refractivity contribution in [2.24, 2.45) is 0 Å². The minimum absolute atomic E-state index is 0.367. The van der Waals surface area contributed by atoms with Crippen molar-refractivity contribution in [3.63, 3.8) is 0 Å². The molecule has 0 aliphatic carbocycles. The molecule has 0 aliphatic rings. The summed E-state index contributed by atoms with van der Waals surface area (Å²) in [6, 6.07) is -1.74. The Morgan fingerprint density at radius 2 is 1.88 bits per heavy atom. The third-order valence-corrected chi connectivity index (χ3v) is 3.93. The van der Waals surface area contributed by atoms with Crippen molar-refractivity contribution in [3.05, 3.63) is 11.1 Å². The number of nitrogens with one attached hydrogen (secondary N) is 4. The van der Waals surface area contributed by atoms with Crippen molar-refractivity contribution < 1.29 is 24.3 Å². The first kappa shape index (κ1) is 20.4. The third kappa shape index (κ3) is 7.61. The fourth-order valence-electron chi connectivity index (χ4n) is 1.73. The Hall–Kier alpha value is -2.69. The summed E-state index contributed by atoms with van der Waals surface area (Å²) in [6.45, 7) is 3.84. The van der Waals surface area contributed by atoms with E-state index in [-0.39, 0.29) is 5.91 Å². The molecule has 138 valence electrons. The van der Waals surface area contributed by atoms with Crippen molar-refractivity contribution in [1.29, 1.82) is 0 Å². The number of carbonyl (C=O) groups is 4. The molecule has 0 aliphatic heterocycles. The van der Waals surface area contributed by atoms with Gasteiger partial charge < -0.3 is 26.4 Å². The Balaban J connectivity index is 2.21. The lowest BCUT2D eigenvalue weighted by Gasteiger charge is -2.17. The fraction of sp³-hybridized carbons (Fsp3) is 0.500. The molecular weight excluding hydrogens is 350 g/mol. The average Bonchev–Trinajstić information content (AvgIpc) is 3.01. The fourth-order valence-corrected chi connectivity index (χ4v) is 2.38. The summed E-state index contributed by atoms with van der Waals surface area (Å²) in [6.07, 6.45) is 1.52. The molecule has 11 heteroatoms. The maximum absolute atomic E-state index is 11.9. The standard InChI is InChI=1S/C14H21N5O5S/c1-8(18-12(22)9(2)19-14(23)24)11(21)15-4-3-5-16-13-17-6-10(7-20)25-13/h6-9,19H,3-5H2,1-2H3,(H,15,21)(H,16,17)(H,18,22)(H,23,24)/t8-,9-/m0/s1. The molecule has 2 atom stereocenters. The van der Waals surface area contributed by atoms with Gasteiger partial charge in [0.2, 0.25) is 11.8 Å². The van der Waals surface area contributed by atoms with Crippen LogP contribution in [0, 0.1) is 0 Å². The Kier molecular flexibility index (Phi) is 8.33. The molecule has 25 heavy (non-hydrogen) atoms. The summed E-state index contributed by atoms with van der Waals surface area (Å²) >= 11 is 1.24. The highest BCUT2D eigenvalue weighted by molar-refractivity contribution is 7.17. The number of hydrogen-bond acceptors (Lipinski definition) is 7. The van der Waals surface area contributed by atoms with Crippen LogP contribution >= 0.6 is 11.3 Å². The lowest BCUT2D eigenvalue weighted by Crippen LogP contribution is -2.51. The number of thiazole rings is 1. The quantitative estimate of drug-likeness (QED) is 0.288. The zero-order valence-electron chi connectivity index (χ0n) is 13.9. The number of aldehydes is 1. The van der Waals surface area contributed by atoms with Crippen molar-refractivity contribution in [3.8, 4) is 0 Å². The smallest absolute Gasteiger partial charge is 0.405 e. The second-order valence-corrected chi connectivity index (χ2v) is 6.22. The molecule has 0 spiro atoms. The molecule has 0 aromatic carbocycles. The monoisotopic (exact) mass is 371 g/mol. The highest BCUT2D eigenvalue weighted by Crippen LogP contribution is 2.15. The molecule has 0 saturated heterocycles. The summed E-state index contributed by atoms with van der Waals surface area (Å²) < 4.78 is 0. The molecule has 1 aromatic rings. The summed E-state index contributed by atoms with van der Waals surface area (Å²) in [5.41, 5.74) is 0. The van der Waals surface area contributed by atoms with Gasteiger partial charge in [0.15, 0.2) is 11.4 Å². The molecular formula is C14H21N5O5S. The van der Waals surface area contributed by atoms with Crippen molar-refractivity contribution in [2.45, 2.75) is 32.4 Å². The summed E-state index contributed by atoms with van der Waals surface area (Å²) in [4.78, 5) is 49.1. The predicted molar refractivity (Wildman–Crippen MR) is 91.8 cm³/mol. The first-order valence-corrected chi connectivity index (χ1v) is 8.37. The molecule has 5 N–H and O–H groups in total. The number of nitrogens with zero attached hydrogens (tertiary/aromatic N) is 1. The normalized spacial score (nSPS) is 12.6. The number of carbonyl (C=O) groups excluding carboxylic acids is 3. The van der Waals surface area contributed by atoms with E-state index in [2.05, 4.69) is 20.9 Å². The Morgan fingerprint density at radius 3 is 2.48 bits per heavy atom. The number of carboxylic acid groups (broad SMARTS) is 1. The Labute approximate surface area is 148 Å². The lowest BCUT2D eigenvalue weighted by atomic mass is 10.2. The number of hydrogen-bond donors (Lipinski definition) is 5. The van der Waals surface area contributed by atoms with Crippen LogP contribution < -0.4 is 21.3 Å². The molecule has 0 unspecified atom stereocenters. The average molecular weight is 371 g/mol. The molecule has 0 bridgehead atoms. The molecule has 0 fully saturated rings. The molecule has 0 saturated carbocycles. The zero-order valence-corrected chi connectivity index (χ0v) is 14.7. The SMILES string of the molecule is C[C@H](NC(=O)O)C(=O)N[C@@H](C)C(=O)NCCCNc1ncc(C=O)s1. The lowest BCUT2D eigenvalue weighted by molar-refractivity contribution is -0.129. The molecule has 1 rings (SSSR count). The van der Waals surface area contributed by atoms with Gasteiger partial charge in [-0.15, -0.1) is 0 Å². The van der Waals surface area contributed by atoms with Gasteiger partial charge >= 0.3 is 6.09 Å². The maximum Gasteiger partial charge on any atom is 0.405 e. The van der Waals surface area contributed by atoms with E-state index in [1.165, 1.54) is 31.4 Å².